The minimum absolute atomic E-state index is 0.133. The van der Waals surface area contributed by atoms with Crippen LogP contribution in [0.3, 0.4) is 0 Å². The zero-order chi connectivity index (χ0) is 13.0. The number of anilines is 1. The first-order valence-electron chi connectivity index (χ1n) is 5.47. The highest BCUT2D eigenvalue weighted by Crippen LogP contribution is 2.13. The molecule has 5 N–H and O–H groups in total. The van der Waals surface area contributed by atoms with Crippen LogP contribution in [0.5, 0.6) is 0 Å². The van der Waals surface area contributed by atoms with Crippen LogP contribution in [0.15, 0.2) is 36.7 Å². The van der Waals surface area contributed by atoms with Crippen LogP contribution in [-0.2, 0) is 0 Å². The Bertz CT molecular complexity index is 507. The van der Waals surface area contributed by atoms with E-state index in [9.17, 15) is 9.90 Å². The number of rotatable bonds is 4. The molecule has 1 atom stereocenters. The van der Waals surface area contributed by atoms with Crippen LogP contribution >= 0.6 is 0 Å². The molecule has 94 valence electrons. The predicted octanol–water partition coefficient (Wildman–Crippen LogP) is 0.455. The Kier molecular flexibility index (Phi) is 3.59. The third-order valence-electron chi connectivity index (χ3n) is 2.54. The third-order valence-corrected chi connectivity index (χ3v) is 2.54. The fourth-order valence-corrected chi connectivity index (χ4v) is 1.50. The average molecular weight is 246 g/mol. The summed E-state index contributed by atoms with van der Waals surface area (Å²) in [4.78, 5) is 11.6. The van der Waals surface area contributed by atoms with Crippen molar-refractivity contribution >= 4 is 11.6 Å². The molecule has 2 rings (SSSR count). The van der Waals surface area contributed by atoms with Crippen LogP contribution in [0, 0.1) is 0 Å². The molecule has 0 bridgehead atoms. The van der Waals surface area contributed by atoms with Gasteiger partial charge in [-0.2, -0.15) is 5.10 Å². The second-order valence-corrected chi connectivity index (χ2v) is 3.88. The van der Waals surface area contributed by atoms with Crippen molar-refractivity contribution in [2.75, 3.05) is 12.3 Å². The van der Waals surface area contributed by atoms with E-state index in [0.717, 1.165) is 0 Å². The molecular formula is C12H14N4O2. The van der Waals surface area contributed by atoms with Crippen LogP contribution in [-0.4, -0.2) is 27.8 Å². The third kappa shape index (κ3) is 2.86. The zero-order valence-corrected chi connectivity index (χ0v) is 9.63. The topological polar surface area (TPSA) is 104 Å². The second-order valence-electron chi connectivity index (χ2n) is 3.88. The molecule has 0 spiro atoms. The Morgan fingerprint density at radius 2 is 2.17 bits per heavy atom. The average Bonchev–Trinajstić information content (AvgIpc) is 2.90. The van der Waals surface area contributed by atoms with Gasteiger partial charge >= 0.3 is 0 Å². The van der Waals surface area contributed by atoms with E-state index in [1.165, 1.54) is 12.4 Å². The number of carbonyl (C=O) groups is 1. The summed E-state index contributed by atoms with van der Waals surface area (Å²) in [6.45, 7) is 0.133. The molecule has 1 heterocycles. The van der Waals surface area contributed by atoms with Gasteiger partial charge in [0.2, 0.25) is 0 Å². The van der Waals surface area contributed by atoms with E-state index in [1.807, 2.05) is 0 Å². The fraction of sp³-hybridized carbons (Fsp3) is 0.167. The molecule has 0 saturated carbocycles. The normalized spacial score (nSPS) is 12.1. The zero-order valence-electron chi connectivity index (χ0n) is 9.63. The fourth-order valence-electron chi connectivity index (χ4n) is 1.50. The van der Waals surface area contributed by atoms with Crippen molar-refractivity contribution in [1.82, 2.24) is 15.5 Å². The molecule has 1 aromatic heterocycles. The van der Waals surface area contributed by atoms with Gasteiger partial charge in [0.25, 0.3) is 5.91 Å². The summed E-state index contributed by atoms with van der Waals surface area (Å²) in [5.74, 6) is -0.279. The molecule has 0 saturated heterocycles. The lowest BCUT2D eigenvalue weighted by atomic mass is 10.1. The van der Waals surface area contributed by atoms with Crippen LogP contribution in [0.25, 0.3) is 0 Å². The number of nitrogens with zero attached hydrogens (tertiary/aromatic N) is 1. The number of H-pyrrole nitrogens is 1. The van der Waals surface area contributed by atoms with E-state index < -0.39 is 6.10 Å². The monoisotopic (exact) mass is 246 g/mol. The number of aromatic nitrogens is 2. The molecule has 2 aromatic rings. The number of aliphatic hydroxyl groups is 1. The van der Waals surface area contributed by atoms with Crippen molar-refractivity contribution < 1.29 is 9.90 Å². The number of nitrogens with two attached hydrogens (primary N) is 1. The van der Waals surface area contributed by atoms with E-state index in [2.05, 4.69) is 15.5 Å². The minimum Gasteiger partial charge on any atom is -0.399 e. The lowest BCUT2D eigenvalue weighted by molar-refractivity contribution is 0.0916. The van der Waals surface area contributed by atoms with Gasteiger partial charge in [-0.1, -0.05) is 12.1 Å². The van der Waals surface area contributed by atoms with Gasteiger partial charge < -0.3 is 16.2 Å². The molecule has 0 aliphatic heterocycles. The van der Waals surface area contributed by atoms with E-state index in [1.54, 1.807) is 24.3 Å². The summed E-state index contributed by atoms with van der Waals surface area (Å²) in [5.41, 5.74) is 7.32. The molecule has 6 nitrogen and oxygen atoms in total. The lowest BCUT2D eigenvalue weighted by Gasteiger charge is -2.11. The Hall–Kier alpha value is -2.34. The summed E-state index contributed by atoms with van der Waals surface area (Å²) in [7, 11) is 0. The Labute approximate surface area is 104 Å². The van der Waals surface area contributed by atoms with E-state index in [4.69, 9.17) is 5.73 Å². The van der Waals surface area contributed by atoms with Crippen molar-refractivity contribution in [3.63, 3.8) is 0 Å². The Morgan fingerprint density at radius 1 is 1.44 bits per heavy atom. The van der Waals surface area contributed by atoms with Crippen LogP contribution < -0.4 is 11.1 Å². The molecule has 0 aliphatic rings. The number of nitrogens with one attached hydrogen (secondary N) is 2. The number of benzene rings is 1. The SMILES string of the molecule is Nc1ccc(C(O)CNC(=O)c2cn[nH]c2)cc1. The smallest absolute Gasteiger partial charge is 0.254 e. The maximum absolute atomic E-state index is 11.6. The highest BCUT2D eigenvalue weighted by molar-refractivity contribution is 5.93. The summed E-state index contributed by atoms with van der Waals surface area (Å²) in [6.07, 6.45) is 2.15. The van der Waals surface area contributed by atoms with Crippen molar-refractivity contribution in [2.24, 2.45) is 0 Å². The Morgan fingerprint density at radius 3 is 2.78 bits per heavy atom. The van der Waals surface area contributed by atoms with Crippen molar-refractivity contribution in [3.05, 3.63) is 47.8 Å². The molecule has 1 aromatic carbocycles. The highest BCUT2D eigenvalue weighted by atomic mass is 16.3. The number of carbonyl (C=O) groups excluding carboxylic acids is 1. The lowest BCUT2D eigenvalue weighted by Crippen LogP contribution is -2.28. The van der Waals surface area contributed by atoms with Gasteiger partial charge in [0, 0.05) is 18.4 Å². The van der Waals surface area contributed by atoms with E-state index in [-0.39, 0.29) is 12.5 Å². The summed E-state index contributed by atoms with van der Waals surface area (Å²) >= 11 is 0. The minimum atomic E-state index is -0.763. The van der Waals surface area contributed by atoms with Gasteiger partial charge in [-0.05, 0) is 17.7 Å². The molecular weight excluding hydrogens is 232 g/mol. The van der Waals surface area contributed by atoms with Crippen LogP contribution in [0.2, 0.25) is 0 Å². The van der Waals surface area contributed by atoms with Crippen molar-refractivity contribution in [3.8, 4) is 0 Å². The van der Waals surface area contributed by atoms with Crippen molar-refractivity contribution in [1.29, 1.82) is 0 Å². The molecule has 6 heteroatoms. The number of amides is 1. The van der Waals surface area contributed by atoms with E-state index >= 15 is 0 Å². The quantitative estimate of drug-likeness (QED) is 0.588. The van der Waals surface area contributed by atoms with E-state index in [0.29, 0.717) is 16.8 Å². The number of nitrogen functional groups attached to an aromatic ring is 1. The second kappa shape index (κ2) is 5.33. The molecule has 1 amide bonds. The van der Waals surface area contributed by atoms with Gasteiger partial charge in [0.1, 0.15) is 0 Å². The largest absolute Gasteiger partial charge is 0.399 e. The number of aromatic amines is 1. The molecule has 0 radical (unpaired) electrons. The highest BCUT2D eigenvalue weighted by Gasteiger charge is 2.11. The summed E-state index contributed by atoms with van der Waals surface area (Å²) in [6, 6.07) is 6.86. The number of hydrogen-bond acceptors (Lipinski definition) is 4. The predicted molar refractivity (Wildman–Crippen MR) is 66.7 cm³/mol. The summed E-state index contributed by atoms with van der Waals surface area (Å²) in [5, 5.41) is 18.7. The van der Waals surface area contributed by atoms with Gasteiger partial charge in [-0.25, -0.2) is 0 Å². The molecule has 18 heavy (non-hydrogen) atoms. The van der Waals surface area contributed by atoms with Gasteiger partial charge in [0.15, 0.2) is 0 Å². The molecule has 1 unspecified atom stereocenters. The first-order chi connectivity index (χ1) is 8.66. The first kappa shape index (κ1) is 12.1. The van der Waals surface area contributed by atoms with Crippen molar-refractivity contribution in [2.45, 2.75) is 6.10 Å². The maximum Gasteiger partial charge on any atom is 0.254 e. The Balaban J connectivity index is 1.90. The summed E-state index contributed by atoms with van der Waals surface area (Å²) < 4.78 is 0. The number of aliphatic hydroxyl groups excluding tert-OH is 1. The van der Waals surface area contributed by atoms with Gasteiger partial charge in [-0.3, -0.25) is 9.89 Å². The molecule has 0 aliphatic carbocycles. The van der Waals surface area contributed by atoms with Gasteiger partial charge in [-0.15, -0.1) is 0 Å². The molecule has 0 fully saturated rings. The number of hydrogen-bond donors (Lipinski definition) is 4. The van der Waals surface area contributed by atoms with Crippen LogP contribution in [0.1, 0.15) is 22.0 Å². The first-order valence-corrected chi connectivity index (χ1v) is 5.47. The standard InChI is InChI=1S/C12H14N4O2/c13-10-3-1-8(2-4-10)11(17)7-14-12(18)9-5-15-16-6-9/h1-6,11,17H,7,13H2,(H,14,18)(H,15,16). The maximum atomic E-state index is 11.6. The van der Waals surface area contributed by atoms with Crippen LogP contribution in [0.4, 0.5) is 5.69 Å². The van der Waals surface area contributed by atoms with Gasteiger partial charge in [0.05, 0.1) is 17.9 Å².